The zero-order chi connectivity index (χ0) is 17.5. The molecule has 0 bridgehead atoms. The highest BCUT2D eigenvalue weighted by molar-refractivity contribution is 7.07. The van der Waals surface area contributed by atoms with Crippen molar-refractivity contribution < 1.29 is 14.3 Å². The number of rotatable bonds is 2. The van der Waals surface area contributed by atoms with Crippen molar-refractivity contribution in [1.29, 1.82) is 0 Å². The van der Waals surface area contributed by atoms with Gasteiger partial charge in [-0.05, 0) is 20.8 Å². The molecule has 3 rings (SSSR count). The molecule has 8 heteroatoms. The van der Waals surface area contributed by atoms with Crippen molar-refractivity contribution in [2.75, 3.05) is 20.1 Å². The maximum Gasteiger partial charge on any atom is 0.410 e. The van der Waals surface area contributed by atoms with E-state index in [-0.39, 0.29) is 18.5 Å². The van der Waals surface area contributed by atoms with Crippen molar-refractivity contribution in [3.8, 4) is 0 Å². The molecule has 0 spiro atoms. The Morgan fingerprint density at radius 1 is 1.46 bits per heavy atom. The van der Waals surface area contributed by atoms with Gasteiger partial charge in [0.1, 0.15) is 11.0 Å². The number of hydrogen-bond donors (Lipinski definition) is 0. The number of piperidine rings is 1. The van der Waals surface area contributed by atoms with Crippen molar-refractivity contribution in [1.82, 2.24) is 14.9 Å². The van der Waals surface area contributed by atoms with Crippen LogP contribution in [0.15, 0.2) is 16.0 Å². The molecule has 2 aliphatic heterocycles. The van der Waals surface area contributed by atoms with E-state index in [9.17, 15) is 9.59 Å². The molecule has 3 heterocycles. The molecule has 1 aromatic heterocycles. The standard InChI is InChI=1S/C16H22N4O3S/c1-15(2,3)23-14(22)20-6-5-12-16(9-20,13(21)19(4)18-12)7-11-8-24-10-17-11/h8,10H,5-7,9H2,1-4H3/t16-/m1/s1. The van der Waals surface area contributed by atoms with Crippen LogP contribution in [0.5, 0.6) is 0 Å². The van der Waals surface area contributed by atoms with Gasteiger partial charge in [0.25, 0.3) is 5.91 Å². The van der Waals surface area contributed by atoms with E-state index >= 15 is 0 Å². The zero-order valence-electron chi connectivity index (χ0n) is 14.4. The molecular weight excluding hydrogens is 328 g/mol. The Bertz CT molecular complexity index is 680. The summed E-state index contributed by atoms with van der Waals surface area (Å²) in [6, 6.07) is 0. The second kappa shape index (κ2) is 5.84. The minimum atomic E-state index is -0.821. The fraction of sp³-hybridized carbons (Fsp3) is 0.625. The van der Waals surface area contributed by atoms with Gasteiger partial charge in [0.05, 0.1) is 16.9 Å². The van der Waals surface area contributed by atoms with E-state index in [1.807, 2.05) is 26.2 Å². The predicted molar refractivity (Wildman–Crippen MR) is 90.9 cm³/mol. The monoisotopic (exact) mass is 350 g/mol. The Morgan fingerprint density at radius 2 is 2.21 bits per heavy atom. The molecule has 7 nitrogen and oxygen atoms in total. The molecule has 2 amide bonds. The van der Waals surface area contributed by atoms with E-state index in [0.29, 0.717) is 19.4 Å². The quantitative estimate of drug-likeness (QED) is 0.819. The average molecular weight is 350 g/mol. The van der Waals surface area contributed by atoms with E-state index in [2.05, 4.69) is 10.1 Å². The lowest BCUT2D eigenvalue weighted by atomic mass is 9.74. The van der Waals surface area contributed by atoms with Crippen LogP contribution in [-0.2, 0) is 16.0 Å². The van der Waals surface area contributed by atoms with Gasteiger partial charge in [-0.15, -0.1) is 11.3 Å². The fourth-order valence-corrected chi connectivity index (χ4v) is 3.76. The van der Waals surface area contributed by atoms with Crippen LogP contribution >= 0.6 is 11.3 Å². The maximum absolute atomic E-state index is 12.8. The predicted octanol–water partition coefficient (Wildman–Crippen LogP) is 2.14. The second-order valence-electron chi connectivity index (χ2n) is 7.27. The first kappa shape index (κ1) is 16.9. The summed E-state index contributed by atoms with van der Waals surface area (Å²) in [4.78, 5) is 31.2. The van der Waals surface area contributed by atoms with Gasteiger partial charge in [-0.1, -0.05) is 0 Å². The van der Waals surface area contributed by atoms with E-state index < -0.39 is 11.0 Å². The molecule has 0 unspecified atom stereocenters. The van der Waals surface area contributed by atoms with E-state index in [1.165, 1.54) is 16.3 Å². The van der Waals surface area contributed by atoms with Gasteiger partial charge in [0.2, 0.25) is 0 Å². The second-order valence-corrected chi connectivity index (χ2v) is 7.98. The molecule has 0 aromatic carbocycles. The molecule has 130 valence electrons. The third-order valence-electron chi connectivity index (χ3n) is 4.22. The van der Waals surface area contributed by atoms with Crippen LogP contribution < -0.4 is 0 Å². The summed E-state index contributed by atoms with van der Waals surface area (Å²) in [5.74, 6) is -0.0845. The number of aromatic nitrogens is 1. The molecule has 2 aliphatic rings. The lowest BCUT2D eigenvalue weighted by molar-refractivity contribution is -0.135. The van der Waals surface area contributed by atoms with Gasteiger partial charge in [-0.3, -0.25) is 4.79 Å². The number of thiazole rings is 1. The van der Waals surface area contributed by atoms with Gasteiger partial charge in [0, 0.05) is 38.4 Å². The summed E-state index contributed by atoms with van der Waals surface area (Å²) in [5, 5.41) is 7.73. The molecule has 1 saturated heterocycles. The van der Waals surface area contributed by atoms with Crippen LogP contribution in [-0.4, -0.2) is 58.3 Å². The first-order valence-electron chi connectivity index (χ1n) is 7.92. The molecule has 0 saturated carbocycles. The Hall–Kier alpha value is -1.96. The number of ether oxygens (including phenoxy) is 1. The number of hydrazone groups is 1. The van der Waals surface area contributed by atoms with Crippen LogP contribution in [0.4, 0.5) is 4.79 Å². The lowest BCUT2D eigenvalue weighted by Crippen LogP contribution is -2.56. The summed E-state index contributed by atoms with van der Waals surface area (Å²) in [7, 11) is 1.66. The van der Waals surface area contributed by atoms with Crippen molar-refractivity contribution in [2.45, 2.75) is 39.2 Å². The molecular formula is C16H22N4O3S. The van der Waals surface area contributed by atoms with E-state index in [0.717, 1.165) is 11.4 Å². The third kappa shape index (κ3) is 3.02. The summed E-state index contributed by atoms with van der Waals surface area (Å²) in [6.45, 7) is 6.29. The van der Waals surface area contributed by atoms with Gasteiger partial charge in [0.15, 0.2) is 0 Å². The minimum Gasteiger partial charge on any atom is -0.444 e. The Balaban J connectivity index is 1.87. The summed E-state index contributed by atoms with van der Waals surface area (Å²) < 4.78 is 5.48. The first-order valence-corrected chi connectivity index (χ1v) is 8.87. The van der Waals surface area contributed by atoms with E-state index in [1.54, 1.807) is 17.5 Å². The average Bonchev–Trinajstić information content (AvgIpc) is 3.06. The third-order valence-corrected chi connectivity index (χ3v) is 4.86. The van der Waals surface area contributed by atoms with Crippen molar-refractivity contribution in [2.24, 2.45) is 10.5 Å². The highest BCUT2D eigenvalue weighted by Crippen LogP contribution is 2.38. The highest BCUT2D eigenvalue weighted by Gasteiger charge is 2.54. The van der Waals surface area contributed by atoms with Gasteiger partial charge < -0.3 is 9.64 Å². The number of fused-ring (bicyclic) bond motifs is 1. The molecule has 1 fully saturated rings. The summed E-state index contributed by atoms with van der Waals surface area (Å²) in [6.07, 6.45) is 0.638. The topological polar surface area (TPSA) is 75.1 Å². The molecule has 1 aromatic rings. The van der Waals surface area contributed by atoms with Crippen molar-refractivity contribution in [3.05, 3.63) is 16.6 Å². The summed E-state index contributed by atoms with van der Waals surface area (Å²) in [5.41, 5.74) is 2.05. The number of amides is 2. The van der Waals surface area contributed by atoms with Crippen LogP contribution in [0.1, 0.15) is 32.9 Å². The lowest BCUT2D eigenvalue weighted by Gasteiger charge is -2.39. The van der Waals surface area contributed by atoms with Crippen LogP contribution in [0.25, 0.3) is 0 Å². The first-order chi connectivity index (χ1) is 11.2. The molecule has 24 heavy (non-hydrogen) atoms. The summed E-state index contributed by atoms with van der Waals surface area (Å²) >= 11 is 1.49. The van der Waals surface area contributed by atoms with Crippen molar-refractivity contribution >= 4 is 29.0 Å². The normalized spacial score (nSPS) is 24.0. The zero-order valence-corrected chi connectivity index (χ0v) is 15.2. The number of carbonyl (C=O) groups is 2. The van der Waals surface area contributed by atoms with Gasteiger partial charge >= 0.3 is 6.09 Å². The SMILES string of the molecule is CN1N=C2CCN(C(=O)OC(C)(C)C)C[C@@]2(Cc2cscn2)C1=O. The minimum absolute atomic E-state index is 0.0845. The van der Waals surface area contributed by atoms with Crippen LogP contribution in [0, 0.1) is 5.41 Å². The van der Waals surface area contributed by atoms with Gasteiger partial charge in [-0.2, -0.15) is 5.10 Å². The maximum atomic E-state index is 12.8. The molecule has 0 radical (unpaired) electrons. The Kier molecular flexibility index (Phi) is 4.11. The fourth-order valence-electron chi connectivity index (χ4n) is 3.20. The van der Waals surface area contributed by atoms with Crippen LogP contribution in [0.3, 0.4) is 0 Å². The Morgan fingerprint density at radius 3 is 2.83 bits per heavy atom. The highest BCUT2D eigenvalue weighted by atomic mass is 32.1. The van der Waals surface area contributed by atoms with E-state index in [4.69, 9.17) is 4.74 Å². The Labute approximate surface area is 145 Å². The van der Waals surface area contributed by atoms with Gasteiger partial charge in [-0.25, -0.2) is 14.8 Å². The molecule has 0 N–H and O–H groups in total. The largest absolute Gasteiger partial charge is 0.444 e. The number of likely N-dealkylation sites (tertiary alicyclic amines) is 1. The van der Waals surface area contributed by atoms with Crippen molar-refractivity contribution in [3.63, 3.8) is 0 Å². The molecule has 0 aliphatic carbocycles. The van der Waals surface area contributed by atoms with Crippen LogP contribution in [0.2, 0.25) is 0 Å². The smallest absolute Gasteiger partial charge is 0.410 e. The number of nitrogens with zero attached hydrogens (tertiary/aromatic N) is 4. The number of hydrogen-bond acceptors (Lipinski definition) is 6. The molecule has 1 atom stereocenters. The number of carbonyl (C=O) groups excluding carboxylic acids is 2.